The second-order valence-electron chi connectivity index (χ2n) is 6.74. The van der Waals surface area contributed by atoms with E-state index in [0.29, 0.717) is 6.42 Å². The highest BCUT2D eigenvalue weighted by Gasteiger charge is 2.78. The molecule has 1 heterocycles. The number of epoxide rings is 1. The van der Waals surface area contributed by atoms with E-state index in [4.69, 9.17) is 9.16 Å². The zero-order valence-electron chi connectivity index (χ0n) is 11.1. The molecule has 0 aromatic rings. The van der Waals surface area contributed by atoms with E-state index in [0.717, 1.165) is 6.42 Å². The Kier molecular flexibility index (Phi) is 2.28. The van der Waals surface area contributed by atoms with Crippen LogP contribution in [0, 0.1) is 0 Å². The molecule has 0 spiro atoms. The zero-order chi connectivity index (χ0) is 12.4. The third-order valence-electron chi connectivity index (χ3n) is 4.42. The molecule has 1 saturated carbocycles. The molecule has 0 amide bonds. The second-order valence-corrected chi connectivity index (χ2v) is 11.5. The summed E-state index contributed by atoms with van der Waals surface area (Å²) in [5, 5.41) is 0.109. The fourth-order valence-corrected chi connectivity index (χ4v) is 3.47. The maximum Gasteiger partial charge on any atom is 0.250 e. The summed E-state index contributed by atoms with van der Waals surface area (Å²) in [4.78, 5) is 11.9. The SMILES string of the molecule is CC(C)(C)[Si](C)(C)O[C@]12O[C@@]1(C)CCC2=O. The minimum Gasteiger partial charge on any atom is -0.382 e. The molecular weight excluding hydrogens is 220 g/mol. The molecule has 16 heavy (non-hydrogen) atoms. The smallest absolute Gasteiger partial charge is 0.250 e. The topological polar surface area (TPSA) is 38.8 Å². The average Bonchev–Trinajstić information content (AvgIpc) is 2.58. The van der Waals surface area contributed by atoms with Crippen molar-refractivity contribution in [1.82, 2.24) is 0 Å². The lowest BCUT2D eigenvalue weighted by atomic mass is 10.1. The van der Waals surface area contributed by atoms with Gasteiger partial charge in [-0.1, -0.05) is 20.8 Å². The van der Waals surface area contributed by atoms with Gasteiger partial charge in [0.15, 0.2) is 14.1 Å². The molecular formula is C12H22O3Si. The van der Waals surface area contributed by atoms with Crippen LogP contribution in [0.3, 0.4) is 0 Å². The number of carbonyl (C=O) groups excluding carboxylic acids is 1. The summed E-state index contributed by atoms with van der Waals surface area (Å²) in [6.07, 6.45) is 1.41. The number of hydrogen-bond acceptors (Lipinski definition) is 3. The number of fused-ring (bicyclic) bond motifs is 1. The van der Waals surface area contributed by atoms with E-state index >= 15 is 0 Å². The Bertz CT molecular complexity index is 345. The number of hydrogen-bond donors (Lipinski definition) is 0. The fourth-order valence-electron chi connectivity index (χ4n) is 2.07. The third kappa shape index (κ3) is 1.43. The first-order chi connectivity index (χ1) is 7.04. The summed E-state index contributed by atoms with van der Waals surface area (Å²) < 4.78 is 11.8. The van der Waals surface area contributed by atoms with Crippen LogP contribution >= 0.6 is 0 Å². The summed E-state index contributed by atoms with van der Waals surface area (Å²) in [6, 6.07) is 0. The quantitative estimate of drug-likeness (QED) is 0.552. The molecule has 2 rings (SSSR count). The molecule has 92 valence electrons. The van der Waals surface area contributed by atoms with Crippen molar-refractivity contribution >= 4 is 14.1 Å². The molecule has 0 N–H and O–H groups in total. The Labute approximate surface area is 98.6 Å². The Balaban J connectivity index is 2.21. The van der Waals surface area contributed by atoms with Gasteiger partial charge in [0, 0.05) is 6.42 Å². The predicted octanol–water partition coefficient (Wildman–Crippen LogP) is 2.86. The summed E-state index contributed by atoms with van der Waals surface area (Å²) in [5.41, 5.74) is -0.334. The van der Waals surface area contributed by atoms with Crippen LogP contribution in [-0.4, -0.2) is 25.5 Å². The van der Waals surface area contributed by atoms with Crippen molar-refractivity contribution in [1.29, 1.82) is 0 Å². The molecule has 0 aromatic heterocycles. The molecule has 0 aromatic carbocycles. The highest BCUT2D eigenvalue weighted by molar-refractivity contribution is 6.74. The van der Waals surface area contributed by atoms with E-state index in [1.807, 2.05) is 6.92 Å². The van der Waals surface area contributed by atoms with Gasteiger partial charge in [0.2, 0.25) is 5.79 Å². The number of rotatable bonds is 2. The van der Waals surface area contributed by atoms with Gasteiger partial charge in [-0.15, -0.1) is 0 Å². The third-order valence-corrected chi connectivity index (χ3v) is 8.83. The van der Waals surface area contributed by atoms with Crippen molar-refractivity contribution in [2.75, 3.05) is 0 Å². The van der Waals surface area contributed by atoms with Crippen LogP contribution in [0.4, 0.5) is 0 Å². The molecule has 1 aliphatic carbocycles. The molecule has 0 unspecified atom stereocenters. The van der Waals surface area contributed by atoms with Crippen molar-refractivity contribution in [3.8, 4) is 0 Å². The molecule has 2 atom stereocenters. The number of ketones is 1. The Morgan fingerprint density at radius 2 is 1.94 bits per heavy atom. The van der Waals surface area contributed by atoms with Crippen LogP contribution in [0.5, 0.6) is 0 Å². The summed E-state index contributed by atoms with van der Waals surface area (Å²) in [6.45, 7) is 12.8. The lowest BCUT2D eigenvalue weighted by Gasteiger charge is -2.37. The van der Waals surface area contributed by atoms with E-state index in [1.54, 1.807) is 0 Å². The summed E-state index contributed by atoms with van der Waals surface area (Å²) in [7, 11) is -1.94. The van der Waals surface area contributed by atoms with E-state index in [2.05, 4.69) is 33.9 Å². The molecule has 3 nitrogen and oxygen atoms in total. The number of ether oxygens (including phenoxy) is 1. The van der Waals surface area contributed by atoms with Crippen molar-refractivity contribution in [2.24, 2.45) is 0 Å². The first-order valence-electron chi connectivity index (χ1n) is 5.98. The minimum absolute atomic E-state index is 0.109. The fraction of sp³-hybridized carbons (Fsp3) is 0.917. The molecule has 0 radical (unpaired) electrons. The second kappa shape index (κ2) is 2.97. The van der Waals surface area contributed by atoms with E-state index in [-0.39, 0.29) is 16.4 Å². The molecule has 2 aliphatic rings. The molecule has 2 fully saturated rings. The summed E-state index contributed by atoms with van der Waals surface area (Å²) >= 11 is 0. The van der Waals surface area contributed by atoms with Gasteiger partial charge in [0.25, 0.3) is 0 Å². The minimum atomic E-state index is -1.94. The van der Waals surface area contributed by atoms with Crippen molar-refractivity contribution in [3.05, 3.63) is 0 Å². The van der Waals surface area contributed by atoms with Crippen molar-refractivity contribution < 1.29 is 14.0 Å². The monoisotopic (exact) mass is 242 g/mol. The maximum absolute atomic E-state index is 11.9. The van der Waals surface area contributed by atoms with Gasteiger partial charge in [0.1, 0.15) is 5.60 Å². The van der Waals surface area contributed by atoms with Crippen LogP contribution in [0.1, 0.15) is 40.5 Å². The van der Waals surface area contributed by atoms with Crippen LogP contribution < -0.4 is 0 Å². The van der Waals surface area contributed by atoms with Gasteiger partial charge in [-0.05, 0) is 31.5 Å². The van der Waals surface area contributed by atoms with Crippen LogP contribution in [0.25, 0.3) is 0 Å². The lowest BCUT2D eigenvalue weighted by molar-refractivity contribution is -0.134. The standard InChI is InChI=1S/C12H22O3Si/c1-10(2,3)16(5,6)15-12-9(13)7-8-11(12,4)14-12/h7-8H2,1-6H3/t11-,12-/m0/s1. The Hall–Kier alpha value is -0.193. The maximum atomic E-state index is 11.9. The highest BCUT2D eigenvalue weighted by Crippen LogP contribution is 2.60. The number of Topliss-reactive ketones (excluding diaryl/α,β-unsaturated/α-hetero) is 1. The first-order valence-corrected chi connectivity index (χ1v) is 8.89. The Morgan fingerprint density at radius 1 is 1.38 bits per heavy atom. The van der Waals surface area contributed by atoms with Crippen molar-refractivity contribution in [2.45, 2.75) is 70.1 Å². The van der Waals surface area contributed by atoms with Gasteiger partial charge in [-0.25, -0.2) is 0 Å². The average molecular weight is 242 g/mol. The van der Waals surface area contributed by atoms with Gasteiger partial charge in [-0.3, -0.25) is 4.79 Å². The number of carbonyl (C=O) groups is 1. The van der Waals surface area contributed by atoms with Crippen LogP contribution in [0.15, 0.2) is 0 Å². The molecule has 0 bridgehead atoms. The van der Waals surface area contributed by atoms with Crippen molar-refractivity contribution in [3.63, 3.8) is 0 Å². The highest BCUT2D eigenvalue weighted by atomic mass is 28.4. The Morgan fingerprint density at radius 3 is 2.25 bits per heavy atom. The molecule has 1 saturated heterocycles. The van der Waals surface area contributed by atoms with Gasteiger partial charge >= 0.3 is 0 Å². The largest absolute Gasteiger partial charge is 0.382 e. The van der Waals surface area contributed by atoms with E-state index in [9.17, 15) is 4.79 Å². The molecule has 1 aliphatic heterocycles. The summed E-state index contributed by atoms with van der Waals surface area (Å²) in [5.74, 6) is -0.740. The van der Waals surface area contributed by atoms with E-state index in [1.165, 1.54) is 0 Å². The first kappa shape index (κ1) is 12.3. The molecule has 4 heteroatoms. The van der Waals surface area contributed by atoms with Gasteiger partial charge in [0.05, 0.1) is 0 Å². The normalized spacial score (nSPS) is 38.8. The van der Waals surface area contributed by atoms with Gasteiger partial charge in [-0.2, -0.15) is 0 Å². The van der Waals surface area contributed by atoms with Crippen LogP contribution in [-0.2, 0) is 14.0 Å². The van der Waals surface area contributed by atoms with E-state index < -0.39 is 14.1 Å². The zero-order valence-corrected chi connectivity index (χ0v) is 12.1. The lowest BCUT2D eigenvalue weighted by Crippen LogP contribution is -2.48. The predicted molar refractivity (Wildman–Crippen MR) is 64.7 cm³/mol. The van der Waals surface area contributed by atoms with Crippen LogP contribution in [0.2, 0.25) is 18.1 Å². The van der Waals surface area contributed by atoms with Gasteiger partial charge < -0.3 is 9.16 Å².